The van der Waals surface area contributed by atoms with Crippen LogP contribution in [0.15, 0.2) is 23.5 Å². The average molecular weight is 181 g/mol. The molecule has 0 radical (unpaired) electrons. The van der Waals surface area contributed by atoms with Gasteiger partial charge in [0, 0.05) is 6.54 Å². The number of methoxy groups -OCH3 is 1. The Morgan fingerprint density at radius 2 is 2.54 bits per heavy atom. The van der Waals surface area contributed by atoms with Crippen LogP contribution in [-0.4, -0.2) is 31.2 Å². The summed E-state index contributed by atoms with van der Waals surface area (Å²) in [6.45, 7) is 1.52. The van der Waals surface area contributed by atoms with Crippen LogP contribution in [0.4, 0.5) is 0 Å². The lowest BCUT2D eigenvalue weighted by Crippen LogP contribution is -2.27. The van der Waals surface area contributed by atoms with Gasteiger partial charge in [-0.3, -0.25) is 0 Å². The summed E-state index contributed by atoms with van der Waals surface area (Å²) in [5.74, 6) is 0.488. The molecule has 0 spiro atoms. The summed E-state index contributed by atoms with van der Waals surface area (Å²) in [5.41, 5.74) is 6.44. The maximum absolute atomic E-state index is 11.3. The molecule has 0 unspecified atom stereocenters. The molecule has 13 heavy (non-hydrogen) atoms. The Morgan fingerprint density at radius 1 is 1.69 bits per heavy atom. The maximum atomic E-state index is 11.3. The fraction of sp³-hybridized carbons (Fsp3) is 0.375. The summed E-state index contributed by atoms with van der Waals surface area (Å²) < 4.78 is 4.66. The maximum Gasteiger partial charge on any atom is 0.341 e. The number of esters is 1. The Bertz CT molecular complexity index is 296. The first-order valence-corrected chi connectivity index (χ1v) is 4.06. The van der Waals surface area contributed by atoms with Crippen molar-refractivity contribution in [2.75, 3.05) is 20.3 Å². The van der Waals surface area contributed by atoms with Crippen molar-refractivity contribution in [2.24, 2.45) is 0 Å². The smallest absolute Gasteiger partial charge is 0.341 e. The minimum atomic E-state index is -0.313. The van der Waals surface area contributed by atoms with E-state index in [1.807, 2.05) is 11.0 Å². The lowest BCUT2D eigenvalue weighted by atomic mass is 10.2. The number of carbonyl (C=O) groups excluding carboxylic acids is 1. The van der Waals surface area contributed by atoms with E-state index in [9.17, 15) is 4.79 Å². The third-order valence-corrected chi connectivity index (χ3v) is 2.06. The third kappa shape index (κ3) is 1.27. The Hall–Kier alpha value is -1.49. The number of hydrazine groups is 1. The van der Waals surface area contributed by atoms with Crippen LogP contribution < -0.4 is 10.9 Å². The number of nitrogens with zero attached hydrogens (tertiary/aromatic N) is 1. The highest BCUT2D eigenvalue weighted by Gasteiger charge is 2.24. The average Bonchev–Trinajstić information content (AvgIpc) is 2.63. The molecular formula is C8H11N3O2. The molecule has 1 saturated heterocycles. The molecule has 2 heterocycles. The van der Waals surface area contributed by atoms with Crippen LogP contribution in [-0.2, 0) is 9.53 Å². The van der Waals surface area contributed by atoms with E-state index >= 15 is 0 Å². The minimum Gasteiger partial charge on any atom is -0.465 e. The van der Waals surface area contributed by atoms with Crippen molar-refractivity contribution in [2.45, 2.75) is 0 Å². The topological polar surface area (TPSA) is 53.6 Å². The first-order chi connectivity index (χ1) is 6.33. The Kier molecular flexibility index (Phi) is 1.94. The second kappa shape index (κ2) is 3.10. The van der Waals surface area contributed by atoms with E-state index in [1.165, 1.54) is 7.11 Å². The first kappa shape index (κ1) is 8.12. The first-order valence-electron chi connectivity index (χ1n) is 4.06. The summed E-state index contributed by atoms with van der Waals surface area (Å²) in [7, 11) is 1.38. The molecule has 1 fully saturated rings. The molecule has 2 aliphatic heterocycles. The molecule has 0 aromatic rings. The van der Waals surface area contributed by atoms with Gasteiger partial charge in [0.15, 0.2) is 0 Å². The van der Waals surface area contributed by atoms with Crippen LogP contribution in [0.25, 0.3) is 0 Å². The molecule has 2 rings (SSSR count). The summed E-state index contributed by atoms with van der Waals surface area (Å²) in [6.07, 6.45) is 3.71. The Balaban J connectivity index is 2.32. The van der Waals surface area contributed by atoms with Crippen LogP contribution in [0.2, 0.25) is 0 Å². The molecule has 2 N–H and O–H groups in total. The SMILES string of the molecule is COC(=O)C1=C2NNCN2CC=C1. The number of ether oxygens (including phenoxy) is 1. The van der Waals surface area contributed by atoms with Crippen molar-refractivity contribution >= 4 is 5.97 Å². The van der Waals surface area contributed by atoms with Gasteiger partial charge >= 0.3 is 5.97 Å². The molecule has 5 heteroatoms. The zero-order valence-corrected chi connectivity index (χ0v) is 7.33. The molecule has 2 aliphatic rings. The van der Waals surface area contributed by atoms with Crippen molar-refractivity contribution in [1.29, 1.82) is 0 Å². The van der Waals surface area contributed by atoms with Crippen molar-refractivity contribution in [1.82, 2.24) is 15.8 Å². The van der Waals surface area contributed by atoms with Gasteiger partial charge in [0.05, 0.1) is 13.8 Å². The Morgan fingerprint density at radius 3 is 3.31 bits per heavy atom. The monoisotopic (exact) mass is 181 g/mol. The molecule has 0 aromatic carbocycles. The number of nitrogens with one attached hydrogen (secondary N) is 2. The molecule has 0 atom stereocenters. The van der Waals surface area contributed by atoms with Gasteiger partial charge in [-0.2, -0.15) is 0 Å². The molecule has 5 nitrogen and oxygen atoms in total. The number of fused-ring (bicyclic) bond motifs is 1. The van der Waals surface area contributed by atoms with Crippen LogP contribution in [0.3, 0.4) is 0 Å². The fourth-order valence-corrected chi connectivity index (χ4v) is 1.42. The van der Waals surface area contributed by atoms with Gasteiger partial charge < -0.3 is 15.1 Å². The zero-order valence-electron chi connectivity index (χ0n) is 7.33. The molecule has 70 valence electrons. The predicted molar refractivity (Wildman–Crippen MR) is 46.0 cm³/mol. The zero-order chi connectivity index (χ0) is 9.26. The molecule has 0 amide bonds. The summed E-state index contributed by atoms with van der Waals surface area (Å²) >= 11 is 0. The highest BCUT2D eigenvalue weighted by Crippen LogP contribution is 2.17. The predicted octanol–water partition coefficient (Wildman–Crippen LogP) is -0.692. The number of hydrogen-bond acceptors (Lipinski definition) is 5. The largest absolute Gasteiger partial charge is 0.465 e. The molecule has 0 aromatic heterocycles. The highest BCUT2D eigenvalue weighted by atomic mass is 16.5. The van der Waals surface area contributed by atoms with Crippen LogP contribution in [0, 0.1) is 0 Å². The minimum absolute atomic E-state index is 0.313. The van der Waals surface area contributed by atoms with E-state index in [4.69, 9.17) is 0 Å². The summed E-state index contributed by atoms with van der Waals surface area (Å²) in [6, 6.07) is 0. The molecule has 0 bridgehead atoms. The van der Waals surface area contributed by atoms with Crippen LogP contribution >= 0.6 is 0 Å². The second-order valence-corrected chi connectivity index (χ2v) is 2.84. The van der Waals surface area contributed by atoms with Gasteiger partial charge in [-0.05, 0) is 6.08 Å². The van der Waals surface area contributed by atoms with Crippen molar-refractivity contribution in [3.63, 3.8) is 0 Å². The lowest BCUT2D eigenvalue weighted by Gasteiger charge is -2.20. The number of hydrogen-bond donors (Lipinski definition) is 2. The van der Waals surface area contributed by atoms with E-state index in [2.05, 4.69) is 15.6 Å². The number of carbonyl (C=O) groups is 1. The number of rotatable bonds is 1. The highest BCUT2D eigenvalue weighted by molar-refractivity contribution is 5.92. The van der Waals surface area contributed by atoms with Gasteiger partial charge in [-0.25, -0.2) is 10.2 Å². The van der Waals surface area contributed by atoms with E-state index in [-0.39, 0.29) is 5.97 Å². The van der Waals surface area contributed by atoms with Gasteiger partial charge in [0.2, 0.25) is 0 Å². The standard InChI is InChI=1S/C8H11N3O2/c1-13-8(12)6-3-2-4-11-5-9-10-7(6)11/h2-3,9-10H,4-5H2,1H3. The van der Waals surface area contributed by atoms with Crippen LogP contribution in [0.1, 0.15) is 0 Å². The van der Waals surface area contributed by atoms with Crippen molar-refractivity contribution in [3.05, 3.63) is 23.5 Å². The van der Waals surface area contributed by atoms with E-state index in [0.29, 0.717) is 12.2 Å². The van der Waals surface area contributed by atoms with E-state index in [1.54, 1.807) is 6.08 Å². The summed E-state index contributed by atoms with van der Waals surface area (Å²) in [4.78, 5) is 13.3. The van der Waals surface area contributed by atoms with Gasteiger partial charge in [0.25, 0.3) is 0 Å². The summed E-state index contributed by atoms with van der Waals surface area (Å²) in [5, 5.41) is 0. The molecule has 0 saturated carbocycles. The van der Waals surface area contributed by atoms with Crippen molar-refractivity contribution in [3.8, 4) is 0 Å². The second-order valence-electron chi connectivity index (χ2n) is 2.84. The third-order valence-electron chi connectivity index (χ3n) is 2.06. The lowest BCUT2D eigenvalue weighted by molar-refractivity contribution is -0.135. The van der Waals surface area contributed by atoms with Gasteiger partial charge in [-0.1, -0.05) is 6.08 Å². The quantitative estimate of drug-likeness (QED) is 0.524. The van der Waals surface area contributed by atoms with Gasteiger partial charge in [0.1, 0.15) is 11.4 Å². The fourth-order valence-electron chi connectivity index (χ4n) is 1.42. The van der Waals surface area contributed by atoms with E-state index < -0.39 is 0 Å². The normalized spacial score (nSPS) is 19.9. The molecule has 0 aliphatic carbocycles. The van der Waals surface area contributed by atoms with Gasteiger partial charge in [-0.15, -0.1) is 0 Å². The van der Waals surface area contributed by atoms with Crippen LogP contribution in [0.5, 0.6) is 0 Å². The van der Waals surface area contributed by atoms with E-state index in [0.717, 1.165) is 12.4 Å². The van der Waals surface area contributed by atoms with Crippen molar-refractivity contribution < 1.29 is 9.53 Å². The Labute approximate surface area is 76.0 Å². The molecular weight excluding hydrogens is 170 g/mol.